The van der Waals surface area contributed by atoms with Crippen molar-refractivity contribution in [2.75, 3.05) is 13.2 Å². The number of carbonyl (C=O) groups excluding carboxylic acids is 2. The maximum Gasteiger partial charge on any atom is 0.234 e. The molecule has 0 spiro atoms. The van der Waals surface area contributed by atoms with E-state index in [-0.39, 0.29) is 48.6 Å². The van der Waals surface area contributed by atoms with Crippen molar-refractivity contribution in [3.8, 4) is 0 Å². The van der Waals surface area contributed by atoms with Gasteiger partial charge in [0.15, 0.2) is 0 Å². The summed E-state index contributed by atoms with van der Waals surface area (Å²) in [6.07, 6.45) is 4.20. The molecule has 5 rings (SSSR count). The lowest BCUT2D eigenvalue weighted by molar-refractivity contribution is -0.141. The summed E-state index contributed by atoms with van der Waals surface area (Å²) in [6, 6.07) is 20.4. The van der Waals surface area contributed by atoms with Crippen LogP contribution in [0.25, 0.3) is 5.57 Å². The van der Waals surface area contributed by atoms with E-state index in [2.05, 4.69) is 36.4 Å². The minimum absolute atomic E-state index is 0.0643. The lowest BCUT2D eigenvalue weighted by Crippen LogP contribution is -2.35. The highest BCUT2D eigenvalue weighted by Crippen LogP contribution is 2.58. The average molecular weight is 371 g/mol. The van der Waals surface area contributed by atoms with Crippen molar-refractivity contribution < 1.29 is 14.7 Å². The van der Waals surface area contributed by atoms with Gasteiger partial charge in [-0.2, -0.15) is 0 Å². The van der Waals surface area contributed by atoms with Crippen molar-refractivity contribution in [1.82, 2.24) is 4.90 Å². The second kappa shape index (κ2) is 6.57. The molecule has 2 amide bonds. The average Bonchev–Trinajstić information content (AvgIpc) is 3.36. The molecule has 4 atom stereocenters. The number of allylic oxidation sites excluding steroid dienone is 3. The Morgan fingerprint density at radius 1 is 0.786 bits per heavy atom. The third-order valence-corrected chi connectivity index (χ3v) is 6.24. The largest absolute Gasteiger partial charge is 0.395 e. The minimum atomic E-state index is -0.341. The van der Waals surface area contributed by atoms with E-state index in [1.54, 1.807) is 0 Å². The van der Waals surface area contributed by atoms with Crippen LogP contribution < -0.4 is 0 Å². The Morgan fingerprint density at radius 3 is 1.68 bits per heavy atom. The predicted octanol–water partition coefficient (Wildman–Crippen LogP) is 2.90. The highest BCUT2D eigenvalue weighted by Gasteiger charge is 2.61. The van der Waals surface area contributed by atoms with Crippen LogP contribution in [-0.4, -0.2) is 35.0 Å². The molecule has 1 aliphatic heterocycles. The number of aliphatic hydroxyl groups excluding tert-OH is 1. The number of benzene rings is 2. The first-order valence-electron chi connectivity index (χ1n) is 9.71. The zero-order valence-corrected chi connectivity index (χ0v) is 15.4. The van der Waals surface area contributed by atoms with Gasteiger partial charge in [0.05, 0.1) is 25.0 Å². The molecule has 2 aliphatic carbocycles. The van der Waals surface area contributed by atoms with Crippen LogP contribution in [0.3, 0.4) is 0 Å². The molecule has 1 heterocycles. The SMILES string of the molecule is O=C1[C@@H]2[C@H](C(=O)N1CCO)[C@@H]1C=C[C@H]2C1=C(c1ccccc1)c1ccccc1. The normalized spacial score (nSPS) is 27.6. The number of rotatable bonds is 4. The van der Waals surface area contributed by atoms with Gasteiger partial charge in [-0.15, -0.1) is 0 Å². The third-order valence-electron chi connectivity index (χ3n) is 6.24. The van der Waals surface area contributed by atoms with Crippen LogP contribution in [0.2, 0.25) is 0 Å². The van der Waals surface area contributed by atoms with Crippen LogP contribution in [0.1, 0.15) is 11.1 Å². The van der Waals surface area contributed by atoms with Gasteiger partial charge in [0.25, 0.3) is 0 Å². The Hall–Kier alpha value is -2.98. The maximum absolute atomic E-state index is 13.0. The third kappa shape index (κ3) is 2.34. The van der Waals surface area contributed by atoms with Crippen LogP contribution in [0.4, 0.5) is 0 Å². The molecular formula is C24H21NO3. The lowest BCUT2D eigenvalue weighted by atomic mass is 9.85. The summed E-state index contributed by atoms with van der Waals surface area (Å²) < 4.78 is 0. The van der Waals surface area contributed by atoms with E-state index in [0.717, 1.165) is 16.7 Å². The van der Waals surface area contributed by atoms with E-state index in [4.69, 9.17) is 0 Å². The first-order chi connectivity index (χ1) is 13.7. The summed E-state index contributed by atoms with van der Waals surface area (Å²) in [6.45, 7) is -0.102. The van der Waals surface area contributed by atoms with E-state index >= 15 is 0 Å². The van der Waals surface area contributed by atoms with Gasteiger partial charge in [-0.3, -0.25) is 14.5 Å². The van der Waals surface area contributed by atoms with Crippen molar-refractivity contribution in [2.45, 2.75) is 0 Å². The summed E-state index contributed by atoms with van der Waals surface area (Å²) in [5, 5.41) is 9.24. The lowest BCUT2D eigenvalue weighted by Gasteiger charge is -2.21. The van der Waals surface area contributed by atoms with E-state index in [0.29, 0.717) is 0 Å². The second-order valence-corrected chi connectivity index (χ2v) is 7.60. The first kappa shape index (κ1) is 17.1. The van der Waals surface area contributed by atoms with Crippen LogP contribution in [0.15, 0.2) is 78.4 Å². The standard InChI is InChI=1S/C24H21NO3/c26-14-13-25-23(27)21-17-11-12-18(22(21)24(25)28)20(17)19(15-7-3-1-4-8-15)16-9-5-2-6-10-16/h1-12,17-18,21-22,26H,13-14H2/t17-,18+,21-,22+. The number of hydrogen-bond acceptors (Lipinski definition) is 3. The van der Waals surface area contributed by atoms with Crippen LogP contribution in [-0.2, 0) is 9.59 Å². The Labute approximate surface area is 163 Å². The zero-order valence-electron chi connectivity index (χ0n) is 15.4. The van der Waals surface area contributed by atoms with E-state index < -0.39 is 0 Å². The monoisotopic (exact) mass is 371 g/mol. The number of imide groups is 1. The van der Waals surface area contributed by atoms with Gasteiger partial charge < -0.3 is 5.11 Å². The van der Waals surface area contributed by atoms with Gasteiger partial charge in [-0.05, 0) is 22.3 Å². The number of carbonyl (C=O) groups is 2. The Balaban J connectivity index is 1.67. The predicted molar refractivity (Wildman–Crippen MR) is 106 cm³/mol. The Morgan fingerprint density at radius 2 is 1.25 bits per heavy atom. The fourth-order valence-corrected chi connectivity index (χ4v) is 5.19. The molecule has 2 bridgehead atoms. The highest BCUT2D eigenvalue weighted by molar-refractivity contribution is 6.08. The Bertz CT molecular complexity index is 918. The summed E-state index contributed by atoms with van der Waals surface area (Å²) in [7, 11) is 0. The fraction of sp³-hybridized carbons (Fsp3) is 0.250. The molecule has 2 aromatic carbocycles. The smallest absolute Gasteiger partial charge is 0.234 e. The second-order valence-electron chi connectivity index (χ2n) is 7.60. The van der Waals surface area contributed by atoms with Gasteiger partial charge in [-0.25, -0.2) is 0 Å². The number of fused-ring (bicyclic) bond motifs is 5. The molecule has 3 aliphatic rings. The van der Waals surface area contributed by atoms with Crippen LogP contribution in [0, 0.1) is 23.7 Å². The molecule has 1 saturated heterocycles. The van der Waals surface area contributed by atoms with Crippen molar-refractivity contribution in [2.24, 2.45) is 23.7 Å². The summed E-state index contributed by atoms with van der Waals surface area (Å²) in [5.74, 6) is -1.09. The van der Waals surface area contributed by atoms with Gasteiger partial charge in [-0.1, -0.05) is 72.8 Å². The molecule has 28 heavy (non-hydrogen) atoms. The molecule has 2 aromatic rings. The van der Waals surface area contributed by atoms with Gasteiger partial charge in [0.1, 0.15) is 0 Å². The number of amides is 2. The molecular weight excluding hydrogens is 350 g/mol. The quantitative estimate of drug-likeness (QED) is 0.664. The fourth-order valence-electron chi connectivity index (χ4n) is 5.19. The molecule has 1 N–H and O–H groups in total. The van der Waals surface area contributed by atoms with Crippen molar-refractivity contribution in [3.63, 3.8) is 0 Å². The summed E-state index contributed by atoms with van der Waals surface area (Å²) in [4.78, 5) is 27.2. The molecule has 0 unspecified atom stereocenters. The number of nitrogens with zero attached hydrogens (tertiary/aromatic N) is 1. The molecule has 140 valence electrons. The number of likely N-dealkylation sites (tertiary alicyclic amines) is 1. The van der Waals surface area contributed by atoms with Crippen LogP contribution in [0.5, 0.6) is 0 Å². The van der Waals surface area contributed by atoms with Gasteiger partial charge in [0.2, 0.25) is 11.8 Å². The number of hydrogen-bond donors (Lipinski definition) is 1. The minimum Gasteiger partial charge on any atom is -0.395 e. The van der Waals surface area contributed by atoms with Crippen molar-refractivity contribution >= 4 is 17.4 Å². The molecule has 0 aromatic heterocycles. The summed E-state index contributed by atoms with van der Waals surface area (Å²) in [5.41, 5.74) is 4.52. The molecule has 4 heteroatoms. The molecule has 1 saturated carbocycles. The van der Waals surface area contributed by atoms with E-state index in [9.17, 15) is 14.7 Å². The molecule has 4 nitrogen and oxygen atoms in total. The van der Waals surface area contributed by atoms with Gasteiger partial charge >= 0.3 is 0 Å². The van der Waals surface area contributed by atoms with Gasteiger partial charge in [0, 0.05) is 11.8 Å². The number of β-amino-alcohol motifs (C(OH)–C–C–N with tert-alkyl or cyclic N) is 1. The van der Waals surface area contributed by atoms with Crippen molar-refractivity contribution in [1.29, 1.82) is 0 Å². The first-order valence-corrected chi connectivity index (χ1v) is 9.71. The molecule has 2 fully saturated rings. The Kier molecular flexibility index (Phi) is 4.02. The highest BCUT2D eigenvalue weighted by atomic mass is 16.3. The van der Waals surface area contributed by atoms with E-state index in [1.807, 2.05) is 36.4 Å². The topological polar surface area (TPSA) is 57.6 Å². The van der Waals surface area contributed by atoms with Crippen LogP contribution >= 0.6 is 0 Å². The zero-order chi connectivity index (χ0) is 19.3. The summed E-state index contributed by atoms with van der Waals surface area (Å²) >= 11 is 0. The molecule has 0 radical (unpaired) electrons. The van der Waals surface area contributed by atoms with Crippen molar-refractivity contribution in [3.05, 3.63) is 89.5 Å². The van der Waals surface area contributed by atoms with E-state index in [1.165, 1.54) is 10.5 Å². The number of aliphatic hydroxyl groups is 1. The maximum atomic E-state index is 13.0.